The van der Waals surface area contributed by atoms with Crippen LogP contribution in [-0.4, -0.2) is 22.4 Å². The van der Waals surface area contributed by atoms with Gasteiger partial charge >= 0.3 is 5.97 Å². The van der Waals surface area contributed by atoms with Crippen molar-refractivity contribution < 1.29 is 14.3 Å². The summed E-state index contributed by atoms with van der Waals surface area (Å²) in [5.41, 5.74) is 4.25. The molecule has 0 bridgehead atoms. The monoisotopic (exact) mass is 353 g/mol. The van der Waals surface area contributed by atoms with Gasteiger partial charge in [-0.3, -0.25) is 9.59 Å². The van der Waals surface area contributed by atoms with E-state index in [1.807, 2.05) is 58.0 Å². The zero-order chi connectivity index (χ0) is 18.8. The Morgan fingerprint density at radius 1 is 1.12 bits per heavy atom. The van der Waals surface area contributed by atoms with E-state index < -0.39 is 0 Å². The number of fused-ring (bicyclic) bond motifs is 1. The van der Waals surface area contributed by atoms with Crippen LogP contribution in [0, 0.1) is 13.8 Å². The first-order chi connectivity index (χ1) is 12.4. The normalized spacial score (nSPS) is 16.9. The smallest absolute Gasteiger partial charge is 0.315 e. The molecule has 1 unspecified atom stereocenters. The van der Waals surface area contributed by atoms with Crippen LogP contribution >= 0.6 is 0 Å². The third-order valence-electron chi connectivity index (χ3n) is 5.04. The fraction of sp³-hybridized carbons (Fsp3) is 0.455. The van der Waals surface area contributed by atoms with Crippen molar-refractivity contribution in [2.24, 2.45) is 0 Å². The second kappa shape index (κ2) is 7.48. The first-order valence-corrected chi connectivity index (χ1v) is 9.41. The van der Waals surface area contributed by atoms with Crippen molar-refractivity contribution in [2.75, 3.05) is 0 Å². The van der Waals surface area contributed by atoms with Gasteiger partial charge in [-0.15, -0.1) is 0 Å². The quantitative estimate of drug-likeness (QED) is 0.598. The van der Waals surface area contributed by atoms with Gasteiger partial charge in [0.05, 0.1) is 17.7 Å². The highest BCUT2D eigenvalue weighted by Gasteiger charge is 2.31. The Bertz CT molecular complexity index is 832. The molecule has 0 fully saturated rings. The second-order valence-electron chi connectivity index (χ2n) is 7.43. The number of aromatic nitrogens is 1. The zero-order valence-corrected chi connectivity index (χ0v) is 16.0. The summed E-state index contributed by atoms with van der Waals surface area (Å²) < 4.78 is 7.54. The molecular weight excluding hydrogens is 326 g/mol. The minimum absolute atomic E-state index is 0.0322. The number of rotatable bonds is 4. The molecule has 2 aromatic rings. The number of carbonyl (C=O) groups is 2. The fourth-order valence-electron chi connectivity index (χ4n) is 3.82. The number of carbonyl (C=O) groups excluding carboxylic acids is 2. The lowest BCUT2D eigenvalue weighted by atomic mass is 9.99. The lowest BCUT2D eigenvalue weighted by molar-refractivity contribution is -0.149. The highest BCUT2D eigenvalue weighted by atomic mass is 16.5. The SMILES string of the molecule is Cc1ccccc1C(=O)c1c(C)cc2n1CCCCC2C(=O)OC(C)C. The molecule has 0 amide bonds. The fourth-order valence-corrected chi connectivity index (χ4v) is 3.82. The van der Waals surface area contributed by atoms with E-state index in [0.717, 1.165) is 48.2 Å². The minimum atomic E-state index is -0.294. The Morgan fingerprint density at radius 3 is 2.54 bits per heavy atom. The summed E-state index contributed by atoms with van der Waals surface area (Å²) in [5.74, 6) is -0.447. The van der Waals surface area contributed by atoms with Gasteiger partial charge in [-0.1, -0.05) is 30.7 Å². The topological polar surface area (TPSA) is 48.3 Å². The molecule has 138 valence electrons. The molecule has 3 rings (SSSR count). The van der Waals surface area contributed by atoms with Crippen molar-refractivity contribution in [3.05, 3.63) is 58.4 Å². The van der Waals surface area contributed by atoms with E-state index in [9.17, 15) is 9.59 Å². The molecule has 1 aliphatic heterocycles. The van der Waals surface area contributed by atoms with E-state index in [-0.39, 0.29) is 23.8 Å². The van der Waals surface area contributed by atoms with Crippen LogP contribution in [0.25, 0.3) is 0 Å². The van der Waals surface area contributed by atoms with Crippen LogP contribution in [0.2, 0.25) is 0 Å². The summed E-state index contributed by atoms with van der Waals surface area (Å²) in [6.07, 6.45) is 2.55. The van der Waals surface area contributed by atoms with E-state index in [1.54, 1.807) is 0 Å². The number of hydrogen-bond acceptors (Lipinski definition) is 3. The summed E-state index contributed by atoms with van der Waals surface area (Å²) in [5, 5.41) is 0. The van der Waals surface area contributed by atoms with Crippen LogP contribution in [0.1, 0.15) is 71.9 Å². The number of ether oxygens (including phenoxy) is 1. The number of esters is 1. The lowest BCUT2D eigenvalue weighted by Crippen LogP contribution is -2.22. The molecule has 0 saturated heterocycles. The van der Waals surface area contributed by atoms with Gasteiger partial charge in [-0.2, -0.15) is 0 Å². The van der Waals surface area contributed by atoms with Crippen LogP contribution in [0.5, 0.6) is 0 Å². The lowest BCUT2D eigenvalue weighted by Gasteiger charge is -2.18. The van der Waals surface area contributed by atoms with Gasteiger partial charge in [0.15, 0.2) is 0 Å². The van der Waals surface area contributed by atoms with Gasteiger partial charge in [0.1, 0.15) is 0 Å². The van der Waals surface area contributed by atoms with E-state index in [1.165, 1.54) is 0 Å². The molecule has 1 atom stereocenters. The number of nitrogens with zero attached hydrogens (tertiary/aromatic N) is 1. The van der Waals surface area contributed by atoms with Crippen molar-refractivity contribution in [3.63, 3.8) is 0 Å². The number of aryl methyl sites for hydroxylation is 2. The van der Waals surface area contributed by atoms with Crippen molar-refractivity contribution in [2.45, 2.75) is 65.5 Å². The molecule has 1 aromatic heterocycles. The molecule has 0 N–H and O–H groups in total. The molecule has 1 aromatic carbocycles. The number of benzene rings is 1. The molecule has 0 saturated carbocycles. The second-order valence-corrected chi connectivity index (χ2v) is 7.43. The number of ketones is 1. The van der Waals surface area contributed by atoms with Gasteiger partial charge in [0, 0.05) is 17.8 Å². The number of hydrogen-bond donors (Lipinski definition) is 0. The maximum atomic E-state index is 13.3. The van der Waals surface area contributed by atoms with Crippen LogP contribution in [0.4, 0.5) is 0 Å². The van der Waals surface area contributed by atoms with E-state index in [4.69, 9.17) is 4.74 Å². The van der Waals surface area contributed by atoms with Crippen molar-refractivity contribution in [1.82, 2.24) is 4.57 Å². The molecule has 4 heteroatoms. The molecule has 2 heterocycles. The summed E-state index contributed by atoms with van der Waals surface area (Å²) in [7, 11) is 0. The van der Waals surface area contributed by atoms with Crippen molar-refractivity contribution in [3.8, 4) is 0 Å². The van der Waals surface area contributed by atoms with E-state index in [2.05, 4.69) is 4.57 Å². The molecule has 0 spiro atoms. The van der Waals surface area contributed by atoms with E-state index in [0.29, 0.717) is 5.69 Å². The van der Waals surface area contributed by atoms with E-state index >= 15 is 0 Å². The van der Waals surface area contributed by atoms with Crippen molar-refractivity contribution in [1.29, 1.82) is 0 Å². The van der Waals surface area contributed by atoms with Gasteiger partial charge < -0.3 is 9.30 Å². The summed E-state index contributed by atoms with van der Waals surface area (Å²) in [6.45, 7) is 8.41. The third kappa shape index (κ3) is 3.46. The molecule has 0 radical (unpaired) electrons. The Balaban J connectivity index is 2.05. The molecular formula is C22H27NO3. The Labute approximate surface area is 155 Å². The summed E-state index contributed by atoms with van der Waals surface area (Å²) in [6, 6.07) is 9.67. The minimum Gasteiger partial charge on any atom is -0.462 e. The van der Waals surface area contributed by atoms with Crippen LogP contribution in [0.15, 0.2) is 30.3 Å². The van der Waals surface area contributed by atoms with Crippen LogP contribution in [-0.2, 0) is 16.1 Å². The maximum absolute atomic E-state index is 13.3. The first-order valence-electron chi connectivity index (χ1n) is 9.41. The highest BCUT2D eigenvalue weighted by molar-refractivity contribution is 6.10. The largest absolute Gasteiger partial charge is 0.462 e. The van der Waals surface area contributed by atoms with Gasteiger partial charge in [-0.25, -0.2) is 0 Å². The Morgan fingerprint density at radius 2 is 1.85 bits per heavy atom. The zero-order valence-electron chi connectivity index (χ0n) is 16.0. The average Bonchev–Trinajstić information content (AvgIpc) is 2.76. The average molecular weight is 353 g/mol. The summed E-state index contributed by atoms with van der Waals surface area (Å²) in [4.78, 5) is 25.9. The molecule has 26 heavy (non-hydrogen) atoms. The van der Waals surface area contributed by atoms with Crippen LogP contribution < -0.4 is 0 Å². The predicted octanol–water partition coefficient (Wildman–Crippen LogP) is 4.56. The van der Waals surface area contributed by atoms with Crippen LogP contribution in [0.3, 0.4) is 0 Å². The van der Waals surface area contributed by atoms with Crippen molar-refractivity contribution >= 4 is 11.8 Å². The molecule has 1 aliphatic rings. The molecule has 4 nitrogen and oxygen atoms in total. The highest BCUT2D eigenvalue weighted by Crippen LogP contribution is 2.33. The maximum Gasteiger partial charge on any atom is 0.315 e. The Hall–Kier alpha value is -2.36. The predicted molar refractivity (Wildman–Crippen MR) is 102 cm³/mol. The third-order valence-corrected chi connectivity index (χ3v) is 5.04. The standard InChI is InChI=1S/C22H27NO3/c1-14(2)26-22(25)18-11-7-8-12-23-19(18)13-16(4)20(23)21(24)17-10-6-5-9-15(17)3/h5-6,9-10,13-14,18H,7-8,11-12H2,1-4H3. The first kappa shape index (κ1) is 18.4. The Kier molecular flexibility index (Phi) is 5.30. The van der Waals surface area contributed by atoms with Gasteiger partial charge in [0.2, 0.25) is 5.78 Å². The van der Waals surface area contributed by atoms with Gasteiger partial charge in [-0.05, 0) is 57.7 Å². The van der Waals surface area contributed by atoms with Gasteiger partial charge in [0.25, 0.3) is 0 Å². The molecule has 0 aliphatic carbocycles. The summed E-state index contributed by atoms with van der Waals surface area (Å²) >= 11 is 0.